The average Bonchev–Trinajstić information content (AvgIpc) is 3.47. The van der Waals surface area contributed by atoms with Crippen molar-refractivity contribution in [1.29, 1.82) is 0 Å². The Hall–Kier alpha value is -1.65. The van der Waals surface area contributed by atoms with Crippen LogP contribution in [0.15, 0.2) is 46.8 Å². The van der Waals surface area contributed by atoms with Crippen molar-refractivity contribution in [1.82, 2.24) is 20.9 Å². The van der Waals surface area contributed by atoms with Crippen LogP contribution in [0.1, 0.15) is 39.7 Å². The first-order chi connectivity index (χ1) is 14.2. The fourth-order valence-corrected chi connectivity index (χ4v) is 4.56. The van der Waals surface area contributed by atoms with E-state index in [2.05, 4.69) is 43.4 Å². The van der Waals surface area contributed by atoms with Crippen LogP contribution in [0.4, 0.5) is 0 Å². The standard InChI is InChI=1S/C22H31N5OS.HI/c1-23-21(28)18-8-5-7-17(15-18)10-11-25-22(24-2)26-16-19(20-9-6-14-29-20)27-12-3-4-13-27;/h5-9,14-15,19H,3-4,10-13,16H2,1-2H3,(H,23,28)(H2,24,25,26);1H. The Bertz CT molecular complexity index is 806. The van der Waals surface area contributed by atoms with E-state index in [0.717, 1.165) is 44.1 Å². The number of aliphatic imine (C=N–C) groups is 1. The Morgan fingerprint density at radius 2 is 2.00 bits per heavy atom. The minimum absolute atomic E-state index is 0. The predicted octanol–water partition coefficient (Wildman–Crippen LogP) is 3.27. The van der Waals surface area contributed by atoms with Gasteiger partial charge in [0, 0.05) is 37.6 Å². The van der Waals surface area contributed by atoms with E-state index in [1.54, 1.807) is 14.1 Å². The van der Waals surface area contributed by atoms with Crippen LogP contribution in [0.5, 0.6) is 0 Å². The molecule has 0 bridgehead atoms. The smallest absolute Gasteiger partial charge is 0.251 e. The van der Waals surface area contributed by atoms with E-state index in [4.69, 9.17) is 0 Å². The zero-order valence-electron chi connectivity index (χ0n) is 17.7. The molecule has 1 aliphatic heterocycles. The van der Waals surface area contributed by atoms with Crippen LogP contribution in [0.25, 0.3) is 0 Å². The first-order valence-electron chi connectivity index (χ1n) is 10.2. The van der Waals surface area contributed by atoms with Gasteiger partial charge in [0.2, 0.25) is 0 Å². The van der Waals surface area contributed by atoms with Gasteiger partial charge in [-0.05, 0) is 61.5 Å². The molecule has 164 valence electrons. The third kappa shape index (κ3) is 6.95. The molecule has 0 saturated carbocycles. The van der Waals surface area contributed by atoms with Crippen LogP contribution in [0.2, 0.25) is 0 Å². The number of benzene rings is 1. The molecular formula is C22H32IN5OS. The van der Waals surface area contributed by atoms with Crippen molar-refractivity contribution >= 4 is 47.2 Å². The first-order valence-corrected chi connectivity index (χ1v) is 11.1. The maximum absolute atomic E-state index is 11.8. The van der Waals surface area contributed by atoms with Crippen molar-refractivity contribution in [2.24, 2.45) is 4.99 Å². The molecule has 1 aromatic carbocycles. The number of hydrogen-bond donors (Lipinski definition) is 3. The van der Waals surface area contributed by atoms with Crippen LogP contribution in [0.3, 0.4) is 0 Å². The van der Waals surface area contributed by atoms with E-state index >= 15 is 0 Å². The molecule has 1 aliphatic rings. The van der Waals surface area contributed by atoms with Gasteiger partial charge in [0.05, 0.1) is 6.04 Å². The van der Waals surface area contributed by atoms with Crippen molar-refractivity contribution in [3.63, 3.8) is 0 Å². The number of rotatable bonds is 8. The average molecular weight is 542 g/mol. The summed E-state index contributed by atoms with van der Waals surface area (Å²) in [5.74, 6) is 0.757. The molecule has 1 amide bonds. The highest BCUT2D eigenvalue weighted by molar-refractivity contribution is 14.0. The molecule has 1 fully saturated rings. The largest absolute Gasteiger partial charge is 0.356 e. The van der Waals surface area contributed by atoms with Gasteiger partial charge in [0.1, 0.15) is 0 Å². The molecule has 0 aliphatic carbocycles. The highest BCUT2D eigenvalue weighted by Gasteiger charge is 2.24. The van der Waals surface area contributed by atoms with Crippen molar-refractivity contribution in [3.05, 3.63) is 57.8 Å². The first kappa shape index (κ1) is 24.6. The van der Waals surface area contributed by atoms with E-state index in [0.29, 0.717) is 11.6 Å². The van der Waals surface area contributed by atoms with Gasteiger partial charge in [-0.2, -0.15) is 0 Å². The summed E-state index contributed by atoms with van der Waals surface area (Å²) in [5, 5.41) is 11.7. The van der Waals surface area contributed by atoms with Gasteiger partial charge in [-0.3, -0.25) is 14.7 Å². The Morgan fingerprint density at radius 1 is 1.20 bits per heavy atom. The van der Waals surface area contributed by atoms with Gasteiger partial charge in [-0.15, -0.1) is 35.3 Å². The molecule has 8 heteroatoms. The summed E-state index contributed by atoms with van der Waals surface area (Å²) in [6, 6.07) is 12.5. The van der Waals surface area contributed by atoms with Crippen LogP contribution >= 0.6 is 35.3 Å². The fraction of sp³-hybridized carbons (Fsp3) is 0.455. The predicted molar refractivity (Wildman–Crippen MR) is 136 cm³/mol. The van der Waals surface area contributed by atoms with Gasteiger partial charge in [0.15, 0.2) is 5.96 Å². The molecule has 1 saturated heterocycles. The van der Waals surface area contributed by atoms with Crippen molar-refractivity contribution < 1.29 is 4.79 Å². The van der Waals surface area contributed by atoms with Crippen LogP contribution in [0, 0.1) is 0 Å². The van der Waals surface area contributed by atoms with Crippen molar-refractivity contribution in [3.8, 4) is 0 Å². The van der Waals surface area contributed by atoms with E-state index in [1.807, 2.05) is 35.6 Å². The van der Waals surface area contributed by atoms with Crippen LogP contribution in [-0.2, 0) is 6.42 Å². The molecule has 1 aromatic heterocycles. The molecule has 1 unspecified atom stereocenters. The van der Waals surface area contributed by atoms with E-state index in [-0.39, 0.29) is 29.9 Å². The second-order valence-electron chi connectivity index (χ2n) is 7.18. The summed E-state index contributed by atoms with van der Waals surface area (Å²) in [7, 11) is 3.45. The zero-order chi connectivity index (χ0) is 20.5. The lowest BCUT2D eigenvalue weighted by Crippen LogP contribution is -2.43. The zero-order valence-corrected chi connectivity index (χ0v) is 20.8. The number of carbonyl (C=O) groups is 1. The minimum Gasteiger partial charge on any atom is -0.356 e. The number of nitrogens with zero attached hydrogens (tertiary/aromatic N) is 2. The number of hydrogen-bond acceptors (Lipinski definition) is 4. The Kier molecular flexibility index (Phi) is 10.6. The number of likely N-dealkylation sites (tertiary alicyclic amines) is 1. The van der Waals surface area contributed by atoms with Gasteiger partial charge in [0.25, 0.3) is 5.91 Å². The Morgan fingerprint density at radius 3 is 2.67 bits per heavy atom. The van der Waals surface area contributed by atoms with E-state index in [9.17, 15) is 4.79 Å². The summed E-state index contributed by atoms with van der Waals surface area (Å²) in [4.78, 5) is 20.1. The molecule has 0 radical (unpaired) electrons. The normalized spacial score (nSPS) is 15.3. The Labute approximate surface area is 200 Å². The lowest BCUT2D eigenvalue weighted by Gasteiger charge is -2.27. The summed E-state index contributed by atoms with van der Waals surface area (Å²) in [5.41, 5.74) is 1.82. The second kappa shape index (κ2) is 12.9. The van der Waals surface area contributed by atoms with E-state index in [1.165, 1.54) is 17.7 Å². The molecule has 3 rings (SSSR count). The van der Waals surface area contributed by atoms with Crippen LogP contribution < -0.4 is 16.0 Å². The highest BCUT2D eigenvalue weighted by atomic mass is 127. The molecule has 6 nitrogen and oxygen atoms in total. The van der Waals surface area contributed by atoms with Crippen molar-refractivity contribution in [2.75, 3.05) is 40.3 Å². The number of guanidine groups is 1. The number of amides is 1. The van der Waals surface area contributed by atoms with E-state index < -0.39 is 0 Å². The molecular weight excluding hydrogens is 509 g/mol. The van der Waals surface area contributed by atoms with Gasteiger partial charge in [-0.25, -0.2) is 0 Å². The Balaban J connectivity index is 0.00000320. The minimum atomic E-state index is -0.0567. The number of halogens is 1. The summed E-state index contributed by atoms with van der Waals surface area (Å²) in [6.45, 7) is 3.92. The third-order valence-corrected chi connectivity index (χ3v) is 6.24. The number of nitrogens with one attached hydrogen (secondary N) is 3. The van der Waals surface area contributed by atoms with Gasteiger partial charge >= 0.3 is 0 Å². The molecule has 30 heavy (non-hydrogen) atoms. The van der Waals surface area contributed by atoms with Crippen LogP contribution in [-0.4, -0.2) is 57.0 Å². The maximum atomic E-state index is 11.8. The van der Waals surface area contributed by atoms with Gasteiger partial charge in [-0.1, -0.05) is 18.2 Å². The van der Waals surface area contributed by atoms with Crippen molar-refractivity contribution in [2.45, 2.75) is 25.3 Å². The summed E-state index contributed by atoms with van der Waals surface area (Å²) in [6.07, 6.45) is 3.39. The molecule has 2 aromatic rings. The fourth-order valence-electron chi connectivity index (χ4n) is 3.70. The number of carbonyl (C=O) groups excluding carboxylic acids is 1. The summed E-state index contributed by atoms with van der Waals surface area (Å²) < 4.78 is 0. The second-order valence-corrected chi connectivity index (χ2v) is 8.16. The summed E-state index contributed by atoms with van der Waals surface area (Å²) >= 11 is 1.82. The van der Waals surface area contributed by atoms with Gasteiger partial charge < -0.3 is 16.0 Å². The molecule has 0 spiro atoms. The lowest BCUT2D eigenvalue weighted by atomic mass is 10.1. The molecule has 3 N–H and O–H groups in total. The quantitative estimate of drug-likeness (QED) is 0.273. The highest BCUT2D eigenvalue weighted by Crippen LogP contribution is 2.27. The SMILES string of the molecule is CN=C(NCCc1cccc(C(=O)NC)c1)NCC(c1cccs1)N1CCCC1.I. The molecule has 2 heterocycles. The monoisotopic (exact) mass is 541 g/mol. The lowest BCUT2D eigenvalue weighted by molar-refractivity contribution is 0.0963. The molecule has 1 atom stereocenters. The third-order valence-electron chi connectivity index (χ3n) is 5.26. The number of thiophene rings is 1. The maximum Gasteiger partial charge on any atom is 0.251 e. The topological polar surface area (TPSA) is 68.8 Å².